The van der Waals surface area contributed by atoms with Gasteiger partial charge in [0.1, 0.15) is 6.54 Å². The van der Waals surface area contributed by atoms with Gasteiger partial charge in [0, 0.05) is 16.6 Å². The van der Waals surface area contributed by atoms with E-state index in [4.69, 9.17) is 0 Å². The number of hydrogen-bond acceptors (Lipinski definition) is 4. The fraction of sp³-hybridized carbons (Fsp3) is 0.222. The fourth-order valence-corrected chi connectivity index (χ4v) is 2.64. The van der Waals surface area contributed by atoms with Crippen LogP contribution in [0.5, 0.6) is 0 Å². The lowest BCUT2D eigenvalue weighted by atomic mass is 10.0. The maximum absolute atomic E-state index is 12.1. The first-order valence-corrected chi connectivity index (χ1v) is 8.76. The molecule has 128 valence electrons. The Balaban J connectivity index is 1.54. The zero-order valence-electron chi connectivity index (χ0n) is 13.8. The van der Waals surface area contributed by atoms with Crippen LogP contribution in [0.2, 0.25) is 0 Å². The Hall–Kier alpha value is -2.54. The van der Waals surface area contributed by atoms with Gasteiger partial charge in [-0.15, -0.1) is 10.2 Å². The number of carbonyl (C=O) groups excluding carboxylic acids is 1. The number of carbonyl (C=O) groups is 1. The van der Waals surface area contributed by atoms with Crippen LogP contribution in [0.3, 0.4) is 0 Å². The number of amides is 1. The van der Waals surface area contributed by atoms with Crippen molar-refractivity contribution in [2.45, 2.75) is 19.4 Å². The fourth-order valence-electron chi connectivity index (χ4n) is 2.38. The molecule has 0 fully saturated rings. The van der Waals surface area contributed by atoms with Gasteiger partial charge in [0.15, 0.2) is 0 Å². The summed E-state index contributed by atoms with van der Waals surface area (Å²) < 4.78 is 0.982. The van der Waals surface area contributed by atoms with Crippen molar-refractivity contribution >= 4 is 21.8 Å². The molecule has 2 aromatic carbocycles. The predicted octanol–water partition coefficient (Wildman–Crippen LogP) is 3.02. The summed E-state index contributed by atoms with van der Waals surface area (Å²) in [7, 11) is 0. The van der Waals surface area contributed by atoms with E-state index in [0.717, 1.165) is 10.0 Å². The van der Waals surface area contributed by atoms with Crippen molar-refractivity contribution in [2.75, 3.05) is 6.54 Å². The van der Waals surface area contributed by atoms with Crippen molar-refractivity contribution < 1.29 is 4.79 Å². The van der Waals surface area contributed by atoms with E-state index in [1.54, 1.807) is 0 Å². The monoisotopic (exact) mass is 399 g/mol. The molecule has 1 amide bonds. The highest BCUT2D eigenvalue weighted by atomic mass is 79.9. The molecule has 0 saturated heterocycles. The molecule has 0 unspecified atom stereocenters. The third-order valence-corrected chi connectivity index (χ3v) is 4.34. The summed E-state index contributed by atoms with van der Waals surface area (Å²) in [5, 5.41) is 15.1. The molecule has 0 aliphatic carbocycles. The lowest BCUT2D eigenvalue weighted by molar-refractivity contribution is -0.122. The molecular formula is C18H18BrN5O. The van der Waals surface area contributed by atoms with Crippen LogP contribution in [-0.4, -0.2) is 32.7 Å². The van der Waals surface area contributed by atoms with Crippen LogP contribution >= 0.6 is 15.9 Å². The summed E-state index contributed by atoms with van der Waals surface area (Å²) in [6.07, 6.45) is 0. The maximum Gasteiger partial charge on any atom is 0.243 e. The quantitative estimate of drug-likeness (QED) is 0.691. The van der Waals surface area contributed by atoms with E-state index in [1.807, 2.05) is 42.5 Å². The van der Waals surface area contributed by atoms with Gasteiger partial charge in [0.25, 0.3) is 0 Å². The van der Waals surface area contributed by atoms with Crippen LogP contribution in [0.1, 0.15) is 18.4 Å². The molecule has 1 atom stereocenters. The molecule has 3 rings (SSSR count). The Morgan fingerprint density at radius 3 is 2.60 bits per heavy atom. The van der Waals surface area contributed by atoms with E-state index in [-0.39, 0.29) is 18.4 Å². The molecule has 0 aliphatic heterocycles. The molecule has 3 aromatic rings. The molecule has 0 saturated carbocycles. The highest BCUT2D eigenvalue weighted by molar-refractivity contribution is 9.10. The summed E-state index contributed by atoms with van der Waals surface area (Å²) in [5.41, 5.74) is 2.05. The van der Waals surface area contributed by atoms with Gasteiger partial charge >= 0.3 is 0 Å². The maximum atomic E-state index is 12.1. The van der Waals surface area contributed by atoms with Crippen LogP contribution in [0.4, 0.5) is 0 Å². The van der Waals surface area contributed by atoms with Crippen LogP contribution in [0, 0.1) is 0 Å². The van der Waals surface area contributed by atoms with Gasteiger partial charge in [0.2, 0.25) is 11.7 Å². The zero-order chi connectivity index (χ0) is 17.6. The molecular weight excluding hydrogens is 382 g/mol. The van der Waals surface area contributed by atoms with Crippen molar-refractivity contribution in [3.05, 3.63) is 64.6 Å². The number of hydrogen-bond donors (Lipinski definition) is 1. The SMILES string of the molecule is C[C@H](CNC(=O)Cn1nnc(-c2ccc(Br)cc2)n1)c1ccccc1. The second-order valence-electron chi connectivity index (χ2n) is 5.77. The first kappa shape index (κ1) is 17.3. The minimum Gasteiger partial charge on any atom is -0.354 e. The lowest BCUT2D eigenvalue weighted by Crippen LogP contribution is -2.31. The van der Waals surface area contributed by atoms with E-state index in [0.29, 0.717) is 12.4 Å². The van der Waals surface area contributed by atoms with E-state index in [1.165, 1.54) is 10.4 Å². The summed E-state index contributed by atoms with van der Waals surface area (Å²) in [6, 6.07) is 17.7. The molecule has 0 bridgehead atoms. The van der Waals surface area contributed by atoms with Crippen molar-refractivity contribution in [1.82, 2.24) is 25.5 Å². The molecule has 25 heavy (non-hydrogen) atoms. The molecule has 0 aliphatic rings. The number of aromatic nitrogens is 4. The third-order valence-electron chi connectivity index (χ3n) is 3.81. The Morgan fingerprint density at radius 2 is 1.88 bits per heavy atom. The van der Waals surface area contributed by atoms with Crippen LogP contribution in [-0.2, 0) is 11.3 Å². The number of rotatable bonds is 6. The molecule has 1 N–H and O–H groups in total. The summed E-state index contributed by atoms with van der Waals surface area (Å²) in [4.78, 5) is 13.4. The predicted molar refractivity (Wildman–Crippen MR) is 98.8 cm³/mol. The first-order chi connectivity index (χ1) is 12.1. The van der Waals surface area contributed by atoms with Gasteiger partial charge < -0.3 is 5.32 Å². The average Bonchev–Trinajstić information content (AvgIpc) is 3.09. The standard InChI is InChI=1S/C18H18BrN5O/c1-13(14-5-3-2-4-6-14)11-20-17(25)12-24-22-18(21-23-24)15-7-9-16(19)10-8-15/h2-10,13H,11-12H2,1H3,(H,20,25)/t13-/m1/s1. The minimum absolute atomic E-state index is 0.0467. The highest BCUT2D eigenvalue weighted by Crippen LogP contribution is 2.17. The van der Waals surface area contributed by atoms with Gasteiger partial charge in [-0.2, -0.15) is 4.80 Å². The van der Waals surface area contributed by atoms with Crippen molar-refractivity contribution in [2.24, 2.45) is 0 Å². The summed E-state index contributed by atoms with van der Waals surface area (Å²) in [5.74, 6) is 0.604. The van der Waals surface area contributed by atoms with Crippen LogP contribution in [0.15, 0.2) is 59.1 Å². The number of halogens is 1. The smallest absolute Gasteiger partial charge is 0.243 e. The molecule has 0 spiro atoms. The summed E-state index contributed by atoms with van der Waals surface area (Å²) in [6.45, 7) is 2.69. The molecule has 0 radical (unpaired) electrons. The number of nitrogens with zero attached hydrogens (tertiary/aromatic N) is 4. The van der Waals surface area contributed by atoms with E-state index < -0.39 is 0 Å². The highest BCUT2D eigenvalue weighted by Gasteiger charge is 2.11. The van der Waals surface area contributed by atoms with E-state index in [2.05, 4.69) is 55.7 Å². The van der Waals surface area contributed by atoms with E-state index >= 15 is 0 Å². The largest absolute Gasteiger partial charge is 0.354 e. The van der Waals surface area contributed by atoms with E-state index in [9.17, 15) is 4.79 Å². The van der Waals surface area contributed by atoms with Gasteiger partial charge in [-0.05, 0) is 41.0 Å². The molecule has 6 nitrogen and oxygen atoms in total. The molecule has 1 heterocycles. The van der Waals surface area contributed by atoms with Crippen LogP contribution < -0.4 is 5.32 Å². The van der Waals surface area contributed by atoms with Gasteiger partial charge in [-0.25, -0.2) is 0 Å². The third kappa shape index (κ3) is 4.73. The van der Waals surface area contributed by atoms with Crippen molar-refractivity contribution in [1.29, 1.82) is 0 Å². The Bertz CT molecular complexity index is 832. The van der Waals surface area contributed by atoms with Crippen LogP contribution in [0.25, 0.3) is 11.4 Å². The number of benzene rings is 2. The Kier molecular flexibility index (Phi) is 5.55. The number of nitrogens with one attached hydrogen (secondary N) is 1. The first-order valence-electron chi connectivity index (χ1n) is 7.97. The number of tetrazole rings is 1. The van der Waals surface area contributed by atoms with Crippen molar-refractivity contribution in [3.8, 4) is 11.4 Å². The summed E-state index contributed by atoms with van der Waals surface area (Å²) >= 11 is 3.39. The Labute approximate surface area is 154 Å². The second-order valence-corrected chi connectivity index (χ2v) is 6.68. The average molecular weight is 400 g/mol. The lowest BCUT2D eigenvalue weighted by Gasteiger charge is -2.12. The normalized spacial score (nSPS) is 11.9. The molecule has 7 heteroatoms. The second kappa shape index (κ2) is 8.02. The molecule has 1 aromatic heterocycles. The minimum atomic E-state index is -0.137. The topological polar surface area (TPSA) is 72.7 Å². The van der Waals surface area contributed by atoms with Gasteiger partial charge in [-0.3, -0.25) is 4.79 Å². The van der Waals surface area contributed by atoms with Gasteiger partial charge in [-0.1, -0.05) is 53.2 Å². The van der Waals surface area contributed by atoms with Crippen molar-refractivity contribution in [3.63, 3.8) is 0 Å². The van der Waals surface area contributed by atoms with Gasteiger partial charge in [0.05, 0.1) is 0 Å². The zero-order valence-corrected chi connectivity index (χ0v) is 15.3. The Morgan fingerprint density at radius 1 is 1.16 bits per heavy atom.